The fourth-order valence-electron chi connectivity index (χ4n) is 2.21. The molecule has 0 radical (unpaired) electrons. The number of amides is 1. The van der Waals surface area contributed by atoms with Crippen LogP contribution < -0.4 is 5.32 Å². The lowest BCUT2D eigenvalue weighted by Crippen LogP contribution is -2.42. The maximum absolute atomic E-state index is 12.3. The summed E-state index contributed by atoms with van der Waals surface area (Å²) >= 11 is 5.99. The second kappa shape index (κ2) is 5.29. The second-order valence-electron chi connectivity index (χ2n) is 4.92. The molecule has 3 nitrogen and oxygen atoms in total. The zero-order chi connectivity index (χ0) is 13.2. The smallest absolute Gasteiger partial charge is 0.230 e. The summed E-state index contributed by atoms with van der Waals surface area (Å²) in [5.41, 5.74) is 0.643. The van der Waals surface area contributed by atoms with E-state index in [4.69, 9.17) is 16.3 Å². The molecule has 0 bridgehead atoms. The largest absolute Gasteiger partial charge is 0.383 e. The molecule has 0 aromatic heterocycles. The van der Waals surface area contributed by atoms with E-state index in [0.717, 1.165) is 18.4 Å². The van der Waals surface area contributed by atoms with Gasteiger partial charge in [-0.25, -0.2) is 0 Å². The summed E-state index contributed by atoms with van der Waals surface area (Å²) in [7, 11) is 1.63. The van der Waals surface area contributed by atoms with E-state index in [0.29, 0.717) is 11.6 Å². The van der Waals surface area contributed by atoms with E-state index >= 15 is 0 Å². The number of benzene rings is 1. The van der Waals surface area contributed by atoms with Gasteiger partial charge in [0.05, 0.1) is 12.0 Å². The minimum atomic E-state index is -0.368. The third kappa shape index (κ3) is 2.68. The molecule has 1 aromatic carbocycles. The van der Waals surface area contributed by atoms with Crippen LogP contribution in [-0.2, 0) is 14.9 Å². The van der Waals surface area contributed by atoms with Crippen molar-refractivity contribution in [3.8, 4) is 0 Å². The van der Waals surface area contributed by atoms with Gasteiger partial charge in [-0.15, -0.1) is 0 Å². The normalized spacial score (nSPS) is 18.2. The van der Waals surface area contributed by atoms with Crippen LogP contribution in [0.3, 0.4) is 0 Å². The Morgan fingerprint density at radius 1 is 1.56 bits per heavy atom. The highest BCUT2D eigenvalue weighted by Crippen LogP contribution is 2.48. The number of nitrogens with one attached hydrogen (secondary N) is 1. The van der Waals surface area contributed by atoms with E-state index < -0.39 is 0 Å². The summed E-state index contributed by atoms with van der Waals surface area (Å²) in [6.07, 6.45) is 1.78. The Morgan fingerprint density at radius 2 is 2.28 bits per heavy atom. The summed E-state index contributed by atoms with van der Waals surface area (Å²) in [4.78, 5) is 12.3. The van der Waals surface area contributed by atoms with Crippen molar-refractivity contribution in [1.82, 2.24) is 5.32 Å². The Bertz CT molecular complexity index is 443. The van der Waals surface area contributed by atoms with Crippen LogP contribution >= 0.6 is 11.6 Å². The zero-order valence-corrected chi connectivity index (χ0v) is 11.5. The van der Waals surface area contributed by atoms with E-state index in [1.165, 1.54) is 0 Å². The van der Waals surface area contributed by atoms with Gasteiger partial charge < -0.3 is 10.1 Å². The number of carbonyl (C=O) groups is 1. The van der Waals surface area contributed by atoms with Gasteiger partial charge in [0, 0.05) is 18.2 Å². The van der Waals surface area contributed by atoms with Gasteiger partial charge in [0.25, 0.3) is 0 Å². The van der Waals surface area contributed by atoms with Gasteiger partial charge in [-0.1, -0.05) is 23.7 Å². The molecule has 1 unspecified atom stereocenters. The van der Waals surface area contributed by atoms with Crippen molar-refractivity contribution >= 4 is 17.5 Å². The monoisotopic (exact) mass is 267 g/mol. The van der Waals surface area contributed by atoms with E-state index in [1.54, 1.807) is 7.11 Å². The van der Waals surface area contributed by atoms with Crippen LogP contribution in [0.4, 0.5) is 0 Å². The standard InChI is InChI=1S/C14H18ClNO2/c1-10(9-18-2)16-13(17)14(6-7-14)11-4-3-5-12(15)8-11/h3-5,8,10H,6-7,9H2,1-2H3,(H,16,17). The van der Waals surface area contributed by atoms with E-state index in [2.05, 4.69) is 5.32 Å². The Labute approximate surface area is 112 Å². The predicted molar refractivity (Wildman–Crippen MR) is 71.8 cm³/mol. The summed E-state index contributed by atoms with van der Waals surface area (Å²) in [6.45, 7) is 2.47. The molecule has 1 amide bonds. The number of carbonyl (C=O) groups excluding carboxylic acids is 1. The molecule has 2 rings (SSSR count). The highest BCUT2D eigenvalue weighted by Gasteiger charge is 2.51. The van der Waals surface area contributed by atoms with Crippen molar-refractivity contribution in [2.45, 2.75) is 31.2 Å². The van der Waals surface area contributed by atoms with Crippen LogP contribution in [0.2, 0.25) is 5.02 Å². The van der Waals surface area contributed by atoms with Gasteiger partial charge in [0.1, 0.15) is 0 Å². The third-order valence-corrected chi connectivity index (χ3v) is 3.59. The van der Waals surface area contributed by atoms with Crippen molar-refractivity contribution in [1.29, 1.82) is 0 Å². The average molecular weight is 268 g/mol. The molecule has 1 aliphatic rings. The summed E-state index contributed by atoms with van der Waals surface area (Å²) in [5, 5.41) is 3.67. The Balaban J connectivity index is 2.10. The van der Waals surface area contributed by atoms with Crippen molar-refractivity contribution in [3.63, 3.8) is 0 Å². The highest BCUT2D eigenvalue weighted by molar-refractivity contribution is 6.30. The molecule has 1 N–H and O–H groups in total. The molecule has 1 atom stereocenters. The molecule has 18 heavy (non-hydrogen) atoms. The number of rotatable bonds is 5. The lowest BCUT2D eigenvalue weighted by molar-refractivity contribution is -0.124. The molecule has 0 heterocycles. The molecule has 98 valence electrons. The van der Waals surface area contributed by atoms with Crippen molar-refractivity contribution in [2.24, 2.45) is 0 Å². The minimum absolute atomic E-state index is 0.0270. The van der Waals surface area contributed by atoms with Crippen LogP contribution in [0.1, 0.15) is 25.3 Å². The summed E-state index contributed by atoms with van der Waals surface area (Å²) < 4.78 is 5.03. The van der Waals surface area contributed by atoms with E-state index in [1.807, 2.05) is 31.2 Å². The SMILES string of the molecule is COCC(C)NC(=O)C1(c2cccc(Cl)c2)CC1. The molecule has 0 saturated heterocycles. The first-order chi connectivity index (χ1) is 8.58. The number of ether oxygens (including phenoxy) is 1. The summed E-state index contributed by atoms with van der Waals surface area (Å²) in [5.74, 6) is 0.0781. The minimum Gasteiger partial charge on any atom is -0.383 e. The predicted octanol–water partition coefficient (Wildman–Crippen LogP) is 2.52. The number of hydrogen-bond acceptors (Lipinski definition) is 2. The van der Waals surface area contributed by atoms with Crippen LogP contribution in [0.15, 0.2) is 24.3 Å². The third-order valence-electron chi connectivity index (χ3n) is 3.36. The average Bonchev–Trinajstić information content (AvgIpc) is 3.10. The number of halogens is 1. The maximum atomic E-state index is 12.3. The van der Waals surface area contributed by atoms with Gasteiger partial charge in [-0.2, -0.15) is 0 Å². The van der Waals surface area contributed by atoms with Crippen LogP contribution in [0, 0.1) is 0 Å². The van der Waals surface area contributed by atoms with Crippen LogP contribution in [0.5, 0.6) is 0 Å². The quantitative estimate of drug-likeness (QED) is 0.890. The Hall–Kier alpha value is -1.06. The molecule has 1 fully saturated rings. The van der Waals surface area contributed by atoms with E-state index in [-0.39, 0.29) is 17.4 Å². The van der Waals surface area contributed by atoms with Gasteiger partial charge in [0.2, 0.25) is 5.91 Å². The number of methoxy groups -OCH3 is 1. The van der Waals surface area contributed by atoms with Gasteiger partial charge >= 0.3 is 0 Å². The molecular formula is C14H18ClNO2. The molecular weight excluding hydrogens is 250 g/mol. The fourth-order valence-corrected chi connectivity index (χ4v) is 2.40. The Morgan fingerprint density at radius 3 is 2.83 bits per heavy atom. The van der Waals surface area contributed by atoms with Crippen molar-refractivity contribution < 1.29 is 9.53 Å². The molecule has 0 spiro atoms. The second-order valence-corrected chi connectivity index (χ2v) is 5.36. The first kappa shape index (κ1) is 13.4. The van der Waals surface area contributed by atoms with Gasteiger partial charge in [-0.05, 0) is 37.5 Å². The fraction of sp³-hybridized carbons (Fsp3) is 0.500. The van der Waals surface area contributed by atoms with Crippen LogP contribution in [0.25, 0.3) is 0 Å². The molecule has 1 aromatic rings. The van der Waals surface area contributed by atoms with Crippen molar-refractivity contribution in [3.05, 3.63) is 34.9 Å². The number of hydrogen-bond donors (Lipinski definition) is 1. The maximum Gasteiger partial charge on any atom is 0.230 e. The first-order valence-electron chi connectivity index (χ1n) is 6.14. The van der Waals surface area contributed by atoms with Crippen molar-refractivity contribution in [2.75, 3.05) is 13.7 Å². The first-order valence-corrected chi connectivity index (χ1v) is 6.52. The van der Waals surface area contributed by atoms with Crippen LogP contribution in [-0.4, -0.2) is 25.7 Å². The lowest BCUT2D eigenvalue weighted by atomic mass is 9.95. The van der Waals surface area contributed by atoms with Gasteiger partial charge in [-0.3, -0.25) is 4.79 Å². The van der Waals surface area contributed by atoms with Gasteiger partial charge in [0.15, 0.2) is 0 Å². The molecule has 1 aliphatic carbocycles. The van der Waals surface area contributed by atoms with E-state index in [9.17, 15) is 4.79 Å². The summed E-state index contributed by atoms with van der Waals surface area (Å²) in [6, 6.07) is 7.60. The molecule has 0 aliphatic heterocycles. The highest BCUT2D eigenvalue weighted by atomic mass is 35.5. The topological polar surface area (TPSA) is 38.3 Å². The Kier molecular flexibility index (Phi) is 3.93. The zero-order valence-electron chi connectivity index (χ0n) is 10.7. The molecule has 4 heteroatoms. The lowest BCUT2D eigenvalue weighted by Gasteiger charge is -2.19. The molecule has 1 saturated carbocycles.